The lowest BCUT2D eigenvalue weighted by Gasteiger charge is -2.11. The van der Waals surface area contributed by atoms with Gasteiger partial charge in [0.1, 0.15) is 0 Å². The van der Waals surface area contributed by atoms with Crippen LogP contribution < -0.4 is 10.4 Å². The van der Waals surface area contributed by atoms with Crippen molar-refractivity contribution in [2.45, 2.75) is 13.8 Å². The van der Waals surface area contributed by atoms with Crippen LogP contribution in [-0.4, -0.2) is 4.57 Å². The summed E-state index contributed by atoms with van der Waals surface area (Å²) in [6.45, 7) is 4.21. The molecule has 0 N–H and O–H groups in total. The molecule has 4 aromatic carbocycles. The van der Waals surface area contributed by atoms with E-state index in [4.69, 9.17) is 0 Å². The number of nitrogens with zero attached hydrogens (tertiary/aromatic N) is 1. The Morgan fingerprint density at radius 2 is 1.26 bits per heavy atom. The summed E-state index contributed by atoms with van der Waals surface area (Å²) in [5.74, 6) is 0. The second-order valence-corrected chi connectivity index (χ2v) is 7.94. The number of benzene rings is 4. The minimum atomic E-state index is 1.17. The van der Waals surface area contributed by atoms with Gasteiger partial charge in [0.25, 0.3) is 0 Å². The first-order chi connectivity index (χ1) is 15.2. The van der Waals surface area contributed by atoms with Crippen LogP contribution in [0.2, 0.25) is 0 Å². The van der Waals surface area contributed by atoms with E-state index in [0.29, 0.717) is 0 Å². The van der Waals surface area contributed by atoms with Crippen molar-refractivity contribution in [1.29, 1.82) is 0 Å². The van der Waals surface area contributed by atoms with Crippen molar-refractivity contribution in [3.05, 3.63) is 125 Å². The number of rotatable bonds is 3. The number of aryl methyl sites for hydroxylation is 1. The van der Waals surface area contributed by atoms with Crippen LogP contribution in [0, 0.1) is 6.92 Å². The van der Waals surface area contributed by atoms with Gasteiger partial charge >= 0.3 is 0 Å². The minimum Gasteiger partial charge on any atom is -0.310 e. The van der Waals surface area contributed by atoms with E-state index in [2.05, 4.69) is 134 Å². The van der Waals surface area contributed by atoms with Gasteiger partial charge in [-0.1, -0.05) is 90.5 Å². The molecule has 0 aliphatic heterocycles. The van der Waals surface area contributed by atoms with Gasteiger partial charge in [0.05, 0.1) is 5.52 Å². The Morgan fingerprint density at radius 1 is 0.645 bits per heavy atom. The van der Waals surface area contributed by atoms with E-state index in [1.807, 2.05) is 0 Å². The number of hydrogen-bond donors (Lipinski definition) is 0. The molecule has 150 valence electrons. The van der Waals surface area contributed by atoms with E-state index in [9.17, 15) is 0 Å². The molecule has 0 bridgehead atoms. The smallest absolute Gasteiger partial charge is 0.0534 e. The predicted molar refractivity (Wildman–Crippen MR) is 133 cm³/mol. The largest absolute Gasteiger partial charge is 0.310 e. The van der Waals surface area contributed by atoms with Gasteiger partial charge in [-0.3, -0.25) is 0 Å². The third kappa shape index (κ3) is 3.71. The summed E-state index contributed by atoms with van der Waals surface area (Å²) < 4.78 is 2.35. The summed E-state index contributed by atoms with van der Waals surface area (Å²) in [5, 5.41) is 3.72. The highest BCUT2D eigenvalue weighted by molar-refractivity contribution is 5.86. The highest BCUT2D eigenvalue weighted by Gasteiger charge is 2.09. The molecule has 1 aromatic heterocycles. The van der Waals surface area contributed by atoms with E-state index < -0.39 is 0 Å². The highest BCUT2D eigenvalue weighted by atomic mass is 15.0. The van der Waals surface area contributed by atoms with Crippen molar-refractivity contribution < 1.29 is 0 Å². The molecule has 0 atom stereocenters. The molecule has 0 radical (unpaired) electrons. The Morgan fingerprint density at radius 3 is 1.97 bits per heavy atom. The fourth-order valence-corrected chi connectivity index (χ4v) is 4.18. The summed E-state index contributed by atoms with van der Waals surface area (Å²) in [4.78, 5) is 0. The monoisotopic (exact) mass is 399 g/mol. The van der Waals surface area contributed by atoms with Crippen molar-refractivity contribution in [3.63, 3.8) is 0 Å². The maximum absolute atomic E-state index is 2.35. The summed E-state index contributed by atoms with van der Waals surface area (Å²) in [5.41, 5.74) is 7.32. The molecule has 0 unspecified atom stereocenters. The molecule has 31 heavy (non-hydrogen) atoms. The van der Waals surface area contributed by atoms with Crippen molar-refractivity contribution in [1.82, 2.24) is 4.57 Å². The summed E-state index contributed by atoms with van der Waals surface area (Å²) in [6, 6.07) is 37.0. The molecule has 5 rings (SSSR count). The first kappa shape index (κ1) is 19.1. The molecule has 1 nitrogen and oxygen atoms in total. The Balaban J connectivity index is 1.68. The average Bonchev–Trinajstić information content (AvgIpc) is 3.18. The van der Waals surface area contributed by atoms with Crippen LogP contribution in [-0.2, 0) is 0 Å². The summed E-state index contributed by atoms with van der Waals surface area (Å²) >= 11 is 0. The summed E-state index contributed by atoms with van der Waals surface area (Å²) in [6.07, 6.45) is 4.44. The zero-order valence-corrected chi connectivity index (χ0v) is 17.9. The average molecular weight is 400 g/mol. The molecule has 0 saturated carbocycles. The van der Waals surface area contributed by atoms with Crippen LogP contribution in [0.25, 0.3) is 39.9 Å². The number of hydrogen-bond acceptors (Lipinski definition) is 0. The maximum Gasteiger partial charge on any atom is 0.0534 e. The van der Waals surface area contributed by atoms with Gasteiger partial charge in [0.15, 0.2) is 0 Å². The third-order valence-corrected chi connectivity index (χ3v) is 5.86. The maximum atomic E-state index is 2.35. The van der Waals surface area contributed by atoms with Crippen LogP contribution in [0.5, 0.6) is 0 Å². The zero-order valence-electron chi connectivity index (χ0n) is 17.9. The molecule has 5 aromatic rings. The summed E-state index contributed by atoms with van der Waals surface area (Å²) in [7, 11) is 0. The number of fused-ring (bicyclic) bond motifs is 1. The molecule has 0 amide bonds. The fourth-order valence-electron chi connectivity index (χ4n) is 4.18. The second kappa shape index (κ2) is 8.12. The molecular formula is C30H25N. The zero-order chi connectivity index (χ0) is 21.2. The van der Waals surface area contributed by atoms with Crippen LogP contribution in [0.4, 0.5) is 0 Å². The molecule has 0 aliphatic carbocycles. The standard InChI is InChI=1S/C30H25N/c1-3-23-8-4-5-9-26(23)20-29-21-27-10-6-7-11-30(27)31(29)28-18-16-25(17-19-28)24-14-12-22(2)13-15-24/h3-21H,1-2H3/b23-3-,26-20-. The molecule has 0 fully saturated rings. The van der Waals surface area contributed by atoms with E-state index >= 15 is 0 Å². The van der Waals surface area contributed by atoms with Crippen LogP contribution in [0.3, 0.4) is 0 Å². The Hall–Kier alpha value is -3.84. The van der Waals surface area contributed by atoms with E-state index in [1.54, 1.807) is 0 Å². The van der Waals surface area contributed by atoms with Gasteiger partial charge in [0, 0.05) is 16.8 Å². The van der Waals surface area contributed by atoms with Gasteiger partial charge < -0.3 is 4.57 Å². The Kier molecular flexibility index (Phi) is 5.01. The van der Waals surface area contributed by atoms with Crippen LogP contribution >= 0.6 is 0 Å². The first-order valence-corrected chi connectivity index (χ1v) is 10.7. The molecule has 1 heterocycles. The highest BCUT2D eigenvalue weighted by Crippen LogP contribution is 2.27. The first-order valence-electron chi connectivity index (χ1n) is 10.7. The Bertz CT molecular complexity index is 1470. The molecule has 0 spiro atoms. The van der Waals surface area contributed by atoms with E-state index in [-0.39, 0.29) is 0 Å². The van der Waals surface area contributed by atoms with Gasteiger partial charge in [0.2, 0.25) is 0 Å². The number of para-hydroxylation sites is 1. The molecular weight excluding hydrogens is 374 g/mol. The lowest BCUT2D eigenvalue weighted by atomic mass is 10.0. The van der Waals surface area contributed by atoms with E-state index in [1.165, 1.54) is 49.4 Å². The van der Waals surface area contributed by atoms with Gasteiger partial charge in [-0.15, -0.1) is 0 Å². The topological polar surface area (TPSA) is 4.93 Å². The van der Waals surface area contributed by atoms with Gasteiger partial charge in [-0.2, -0.15) is 0 Å². The predicted octanol–water partition coefficient (Wildman–Crippen LogP) is 6.24. The fraction of sp³-hybridized carbons (Fsp3) is 0.0667. The quantitative estimate of drug-likeness (QED) is 0.339. The molecule has 0 saturated heterocycles. The van der Waals surface area contributed by atoms with Crippen molar-refractivity contribution in [2.75, 3.05) is 0 Å². The van der Waals surface area contributed by atoms with Gasteiger partial charge in [-0.25, -0.2) is 0 Å². The number of aromatic nitrogens is 1. The SMILES string of the molecule is C/C=c1/cccc/c1=C/c1cc2ccccc2n1-c1ccc(-c2ccc(C)cc2)cc1. The molecule has 1 heteroatoms. The third-order valence-electron chi connectivity index (χ3n) is 5.86. The minimum absolute atomic E-state index is 1.17. The normalized spacial score (nSPS) is 12.6. The van der Waals surface area contributed by atoms with E-state index in [0.717, 1.165) is 0 Å². The van der Waals surface area contributed by atoms with Crippen LogP contribution in [0.15, 0.2) is 103 Å². The van der Waals surface area contributed by atoms with Crippen LogP contribution in [0.1, 0.15) is 18.2 Å². The van der Waals surface area contributed by atoms with Crippen molar-refractivity contribution in [3.8, 4) is 16.8 Å². The lowest BCUT2D eigenvalue weighted by molar-refractivity contribution is 1.11. The van der Waals surface area contributed by atoms with Crippen molar-refractivity contribution in [2.24, 2.45) is 0 Å². The Labute approximate surface area is 183 Å². The van der Waals surface area contributed by atoms with Crippen molar-refractivity contribution >= 4 is 23.1 Å². The molecule has 0 aliphatic rings. The van der Waals surface area contributed by atoms with Gasteiger partial charge in [-0.05, 0) is 65.8 Å². The second-order valence-electron chi connectivity index (χ2n) is 7.94. The lowest BCUT2D eigenvalue weighted by Crippen LogP contribution is -2.23.